The lowest BCUT2D eigenvalue weighted by Gasteiger charge is -2.11. The van der Waals surface area contributed by atoms with Crippen molar-refractivity contribution in [2.24, 2.45) is 4.40 Å². The van der Waals surface area contributed by atoms with Crippen LogP contribution in [0.1, 0.15) is 9.75 Å². The second-order valence-corrected chi connectivity index (χ2v) is 5.91. The van der Waals surface area contributed by atoms with Crippen LogP contribution in [0.2, 0.25) is 0 Å². The Morgan fingerprint density at radius 3 is 2.94 bits per heavy atom. The number of carbonyl (C=O) groups is 1. The molecular weight excluding hydrogens is 324 g/mol. The van der Waals surface area contributed by atoms with Crippen LogP contribution in [0.5, 0.6) is 0 Å². The van der Waals surface area contributed by atoms with E-state index in [1.54, 1.807) is 17.4 Å². The molecule has 0 bridgehead atoms. The first-order valence-electron chi connectivity index (χ1n) is 4.68. The van der Waals surface area contributed by atoms with Gasteiger partial charge in [-0.15, -0.1) is 11.3 Å². The molecule has 1 aromatic heterocycles. The minimum Gasteiger partial charge on any atom is -0.464 e. The first kappa shape index (κ1) is 12.7. The number of thiophene rings is 1. The van der Waals surface area contributed by atoms with Gasteiger partial charge in [0.15, 0.2) is 0 Å². The molecule has 0 radical (unpaired) electrons. The van der Waals surface area contributed by atoms with Gasteiger partial charge in [0.25, 0.3) is 0 Å². The molecule has 0 saturated carbocycles. The molecule has 0 aromatic carbocycles. The molecule has 2 heterocycles. The molecule has 4 nitrogen and oxygen atoms in total. The molecule has 0 spiro atoms. The Balaban J connectivity index is 2.31. The number of ether oxygens (including phenoxy) is 1. The molecule has 1 aliphatic rings. The van der Waals surface area contributed by atoms with E-state index in [0.717, 1.165) is 27.2 Å². The average molecular weight is 333 g/mol. The topological polar surface area (TPSA) is 50.7 Å². The first-order chi connectivity index (χ1) is 8.11. The number of hydrogen-bond acceptors (Lipinski definition) is 6. The van der Waals surface area contributed by atoms with Crippen molar-refractivity contribution in [1.82, 2.24) is 4.72 Å². The average Bonchev–Trinajstić information content (AvgIpc) is 2.69. The van der Waals surface area contributed by atoms with Crippen LogP contribution in [0.3, 0.4) is 0 Å². The molecule has 2 rings (SSSR count). The number of nitrogens with one attached hydrogen (secondary N) is 1. The number of allylic oxidation sites excluding steroid dienone is 1. The van der Waals surface area contributed by atoms with Gasteiger partial charge in [0.1, 0.15) is 5.70 Å². The Hall–Kier alpha value is -0.790. The minimum atomic E-state index is -0.391. The lowest BCUT2D eigenvalue weighted by atomic mass is 10.2. The number of methoxy groups -OCH3 is 1. The molecule has 0 amide bonds. The number of esters is 1. The minimum absolute atomic E-state index is 0.391. The highest BCUT2D eigenvalue weighted by Crippen LogP contribution is 2.28. The first-order valence-corrected chi connectivity index (χ1v) is 7.06. The van der Waals surface area contributed by atoms with E-state index < -0.39 is 5.97 Å². The van der Waals surface area contributed by atoms with E-state index in [4.69, 9.17) is 0 Å². The van der Waals surface area contributed by atoms with Gasteiger partial charge in [-0.3, -0.25) is 0 Å². The van der Waals surface area contributed by atoms with Gasteiger partial charge in [-0.1, -0.05) is 0 Å². The lowest BCUT2D eigenvalue weighted by molar-refractivity contribution is -0.136. The smallest absolute Gasteiger partial charge is 0.355 e. The van der Waals surface area contributed by atoms with Crippen molar-refractivity contribution in [3.8, 4) is 0 Å². The molecule has 1 N–H and O–H groups in total. The fourth-order valence-corrected chi connectivity index (χ4v) is 3.32. The van der Waals surface area contributed by atoms with E-state index >= 15 is 0 Å². The summed E-state index contributed by atoms with van der Waals surface area (Å²) >= 11 is 6.21. The summed E-state index contributed by atoms with van der Waals surface area (Å²) in [5.74, 6) is -0.391. The van der Waals surface area contributed by atoms with E-state index in [2.05, 4.69) is 29.8 Å². The van der Waals surface area contributed by atoms with Crippen molar-refractivity contribution in [3.63, 3.8) is 0 Å². The van der Waals surface area contributed by atoms with Crippen molar-refractivity contribution < 1.29 is 9.53 Å². The Kier molecular flexibility index (Phi) is 3.90. The molecule has 0 atom stereocenters. The zero-order chi connectivity index (χ0) is 12.4. The van der Waals surface area contributed by atoms with Crippen LogP contribution in [-0.4, -0.2) is 18.8 Å². The number of hydrogen-bond donors (Lipinski definition) is 1. The van der Waals surface area contributed by atoms with Gasteiger partial charge < -0.3 is 9.46 Å². The molecule has 90 valence electrons. The predicted octanol–water partition coefficient (Wildman–Crippen LogP) is 2.83. The van der Waals surface area contributed by atoms with Gasteiger partial charge in [0.05, 0.1) is 29.8 Å². The Labute approximate surface area is 116 Å². The van der Waals surface area contributed by atoms with Crippen LogP contribution in [0.15, 0.2) is 26.7 Å². The Morgan fingerprint density at radius 2 is 2.35 bits per heavy atom. The van der Waals surface area contributed by atoms with Crippen LogP contribution >= 0.6 is 39.4 Å². The van der Waals surface area contributed by atoms with Crippen molar-refractivity contribution in [2.75, 3.05) is 7.11 Å². The monoisotopic (exact) mass is 332 g/mol. The van der Waals surface area contributed by atoms with Gasteiger partial charge in [0.2, 0.25) is 0 Å². The molecule has 1 aromatic rings. The van der Waals surface area contributed by atoms with Crippen LogP contribution in [0.4, 0.5) is 0 Å². The molecule has 0 fully saturated rings. The van der Waals surface area contributed by atoms with Crippen LogP contribution in [0, 0.1) is 6.92 Å². The van der Waals surface area contributed by atoms with E-state index in [-0.39, 0.29) is 0 Å². The summed E-state index contributed by atoms with van der Waals surface area (Å²) in [7, 11) is 1.35. The summed E-state index contributed by atoms with van der Waals surface area (Å²) < 4.78 is 12.8. The quantitative estimate of drug-likeness (QED) is 0.668. The zero-order valence-electron chi connectivity index (χ0n) is 9.11. The van der Waals surface area contributed by atoms with Crippen molar-refractivity contribution in [1.29, 1.82) is 0 Å². The predicted molar refractivity (Wildman–Crippen MR) is 74.1 cm³/mol. The third-order valence-corrected chi connectivity index (χ3v) is 4.85. The van der Waals surface area contributed by atoms with Crippen LogP contribution in [-0.2, 0) is 9.53 Å². The van der Waals surface area contributed by atoms with E-state index in [9.17, 15) is 4.79 Å². The largest absolute Gasteiger partial charge is 0.464 e. The van der Waals surface area contributed by atoms with Crippen molar-refractivity contribution in [2.45, 2.75) is 6.92 Å². The standard InChI is InChI=1S/C10H9BrN2O2S2/c1-5-6(11)3-9(16-5)7-4-8(10(14)15-2)13-17-12-7/h3-4,13H,1-2H3. The van der Waals surface area contributed by atoms with Gasteiger partial charge >= 0.3 is 5.97 Å². The third-order valence-electron chi connectivity index (χ3n) is 2.10. The maximum atomic E-state index is 11.4. The molecule has 0 unspecified atom stereocenters. The Bertz CT molecular complexity index is 503. The number of nitrogens with zero attached hydrogens (tertiary/aromatic N) is 1. The summed E-state index contributed by atoms with van der Waals surface area (Å²) in [6, 6.07) is 2.00. The van der Waals surface area contributed by atoms with Gasteiger partial charge in [-0.25, -0.2) is 4.79 Å². The summed E-state index contributed by atoms with van der Waals surface area (Å²) in [5.41, 5.74) is 1.18. The molecule has 17 heavy (non-hydrogen) atoms. The number of rotatable bonds is 2. The second-order valence-electron chi connectivity index (χ2n) is 3.23. The fourth-order valence-electron chi connectivity index (χ4n) is 1.23. The summed E-state index contributed by atoms with van der Waals surface area (Å²) in [6.45, 7) is 2.03. The molecule has 0 aliphatic carbocycles. The van der Waals surface area contributed by atoms with E-state index in [1.165, 1.54) is 12.0 Å². The lowest BCUT2D eigenvalue weighted by Crippen LogP contribution is -2.19. The second kappa shape index (κ2) is 5.24. The fraction of sp³-hybridized carbons (Fsp3) is 0.200. The number of aryl methyl sites for hydroxylation is 1. The van der Waals surface area contributed by atoms with E-state index in [0.29, 0.717) is 5.70 Å². The number of carbonyl (C=O) groups excluding carboxylic acids is 1. The molecule has 1 aliphatic heterocycles. The molecule has 0 saturated heterocycles. The van der Waals surface area contributed by atoms with Gasteiger partial charge in [-0.2, -0.15) is 4.40 Å². The Morgan fingerprint density at radius 1 is 1.59 bits per heavy atom. The highest BCUT2D eigenvalue weighted by atomic mass is 79.9. The molecular formula is C10H9BrN2O2S2. The van der Waals surface area contributed by atoms with Crippen molar-refractivity contribution >= 4 is 51.1 Å². The highest BCUT2D eigenvalue weighted by Gasteiger charge is 2.17. The highest BCUT2D eigenvalue weighted by molar-refractivity contribution is 9.10. The van der Waals surface area contributed by atoms with Crippen molar-refractivity contribution in [3.05, 3.63) is 32.1 Å². The summed E-state index contributed by atoms with van der Waals surface area (Å²) in [5, 5.41) is 0. The summed E-state index contributed by atoms with van der Waals surface area (Å²) in [4.78, 5) is 13.6. The van der Waals surface area contributed by atoms with Crippen LogP contribution < -0.4 is 4.72 Å². The van der Waals surface area contributed by atoms with Gasteiger partial charge in [-0.05, 0) is 35.0 Å². The normalized spacial score (nSPS) is 14.8. The maximum Gasteiger partial charge on any atom is 0.355 e. The maximum absolute atomic E-state index is 11.4. The summed E-state index contributed by atoms with van der Waals surface area (Å²) in [6.07, 6.45) is 1.69. The van der Waals surface area contributed by atoms with Gasteiger partial charge in [0, 0.05) is 9.35 Å². The van der Waals surface area contributed by atoms with Crippen LogP contribution in [0.25, 0.3) is 0 Å². The number of halogens is 1. The SMILES string of the molecule is COC(=O)C1=CC(c2cc(Br)c(C)s2)=NSN1. The van der Waals surface area contributed by atoms with E-state index in [1.807, 2.05) is 13.0 Å². The third kappa shape index (κ3) is 2.72. The molecule has 7 heteroatoms. The zero-order valence-corrected chi connectivity index (χ0v) is 12.3.